The molecule has 0 bridgehead atoms. The fourth-order valence-corrected chi connectivity index (χ4v) is 16.4. The predicted molar refractivity (Wildman–Crippen MR) is 389 cm³/mol. The van der Waals surface area contributed by atoms with Gasteiger partial charge in [-0.15, -0.1) is 10.2 Å². The smallest absolute Gasteiger partial charge is 0.185 e. The van der Waals surface area contributed by atoms with Gasteiger partial charge in [-0.1, -0.05) is 44.5 Å². The molecule has 7 aromatic heterocycles. The van der Waals surface area contributed by atoms with E-state index in [0.29, 0.717) is 59.0 Å². The Bertz CT molecular complexity index is 5170. The average Bonchev–Trinajstić information content (AvgIpc) is 1.62. The Morgan fingerprint density at radius 1 is 0.604 bits per heavy atom. The van der Waals surface area contributed by atoms with Crippen molar-refractivity contribution in [1.29, 1.82) is 10.5 Å². The van der Waals surface area contributed by atoms with Gasteiger partial charge in [-0.05, 0) is 202 Å². The molecule has 506 valence electrons. The SMILES string of the molecule is CC1CCCN(c2ccc3c(n2)Cn2cc(-c4ccc(C#N)cc4)cc2-c2nncn2-3)C1.CC[C@@H](C)NC[C@H]1CCN(c2ccc3c(c2)Cn2cc(-c4ccc(F)cc4F)cc2-c2ncnn2-3)C1.N#Cc1ccc(-c2cc3n(c2)Cc2cc(N4CC[C@H]5CCC[C@@H]54)ccc2-n2ccnc2-3)cc1. The molecular weight excluding hydrogens is 1260 g/mol. The van der Waals surface area contributed by atoms with Gasteiger partial charge in [-0.3, -0.25) is 9.13 Å². The number of hydrogen-bond acceptors (Lipinski definition) is 12. The number of benzene rings is 5. The van der Waals surface area contributed by atoms with Gasteiger partial charge < -0.3 is 33.7 Å². The number of imidazole rings is 1. The monoisotopic (exact) mass is 1340 g/mol. The Morgan fingerprint density at radius 2 is 1.30 bits per heavy atom. The standard InChI is InChI=1S/C28H30F2N6.C28H25N5.C25H23N7/c1-3-18(2)31-13-19-8-9-34(14-19)23-5-7-26-21(10-23)16-35-15-20(24-6-4-22(29)12-25(24)30)11-27(35)28-32-17-33-36(26)28;29-16-19-4-6-20(7-5-19)22-15-27-28-30-11-13-33(28)26-9-8-24(14-23(26)18-31(27)17-22)32-12-10-21-2-1-3-25(21)32;1-17-3-2-10-30(13-17)24-9-8-22-21(28-24)15-31-14-20(19-6-4-18(12-26)5-7-19)11-23(31)25-29-27-16-32(22)25/h4-7,10-12,15,17-19,31H,3,8-9,13-14,16H2,1-2H3;4-9,11,13-15,17,21,25H,1-3,10,12,18H2;4-9,11,14,16-17H,2-3,10,13,15H2,1H3/t18-,19-;21-,25+;/m11./s1. The summed E-state index contributed by atoms with van der Waals surface area (Å²) in [5.41, 5.74) is 19.1. The molecule has 20 heteroatoms. The largest absolute Gasteiger partial charge is 0.371 e. The van der Waals surface area contributed by atoms with Crippen molar-refractivity contribution in [3.63, 3.8) is 0 Å². The molecule has 5 atom stereocenters. The van der Waals surface area contributed by atoms with Crippen molar-refractivity contribution in [1.82, 2.24) is 63.1 Å². The van der Waals surface area contributed by atoms with E-state index >= 15 is 0 Å². The number of rotatable bonds is 10. The molecule has 12 aromatic rings. The fraction of sp³-hybridized carbons (Fsp3) is 0.309. The van der Waals surface area contributed by atoms with E-state index < -0.39 is 11.6 Å². The molecule has 1 unspecified atom stereocenters. The molecule has 101 heavy (non-hydrogen) atoms. The van der Waals surface area contributed by atoms with Crippen molar-refractivity contribution in [2.75, 3.05) is 54.0 Å². The van der Waals surface area contributed by atoms with Gasteiger partial charge in [-0.25, -0.2) is 28.4 Å². The van der Waals surface area contributed by atoms with Crippen LogP contribution in [0.15, 0.2) is 177 Å². The molecule has 18 nitrogen and oxygen atoms in total. The van der Waals surface area contributed by atoms with Gasteiger partial charge in [0.05, 0.1) is 69.6 Å². The summed E-state index contributed by atoms with van der Waals surface area (Å²) in [5.74, 6) is 4.59. The van der Waals surface area contributed by atoms with Crippen LogP contribution in [0.3, 0.4) is 0 Å². The molecule has 19 rings (SSSR count). The molecular formula is C81H78F2N18. The van der Waals surface area contributed by atoms with Crippen molar-refractivity contribution in [2.24, 2.45) is 17.8 Å². The number of nitrogens with zero attached hydrogens (tertiary/aromatic N) is 17. The van der Waals surface area contributed by atoms with Crippen LogP contribution in [0, 0.1) is 52.1 Å². The minimum Gasteiger partial charge on any atom is -0.371 e. The lowest BCUT2D eigenvalue weighted by atomic mass is 10.0. The molecule has 1 N–H and O–H groups in total. The zero-order chi connectivity index (χ0) is 68.4. The Morgan fingerprint density at radius 3 is 2.05 bits per heavy atom. The van der Waals surface area contributed by atoms with E-state index in [1.54, 1.807) is 12.7 Å². The van der Waals surface area contributed by atoms with Gasteiger partial charge in [0.2, 0.25) is 0 Å². The second-order valence-corrected chi connectivity index (χ2v) is 28.4. The maximum Gasteiger partial charge on any atom is 0.185 e. The molecule has 0 amide bonds. The Kier molecular flexibility index (Phi) is 16.6. The molecule has 3 saturated heterocycles. The van der Waals surface area contributed by atoms with Crippen LogP contribution < -0.4 is 20.0 Å². The Hall–Kier alpha value is -11.2. The van der Waals surface area contributed by atoms with Gasteiger partial charge in [-0.2, -0.15) is 15.6 Å². The fourth-order valence-electron chi connectivity index (χ4n) is 16.4. The Balaban J connectivity index is 0.000000113. The number of nitrogens with one attached hydrogen (secondary N) is 1. The first kappa shape index (κ1) is 63.2. The minimum atomic E-state index is -0.585. The van der Waals surface area contributed by atoms with Crippen LogP contribution in [0.25, 0.3) is 85.0 Å². The molecule has 4 fully saturated rings. The van der Waals surface area contributed by atoms with Crippen LogP contribution in [-0.4, -0.2) is 109 Å². The first-order chi connectivity index (χ1) is 49.5. The number of hydrogen-bond donors (Lipinski definition) is 1. The van der Waals surface area contributed by atoms with Crippen LogP contribution >= 0.6 is 0 Å². The second-order valence-electron chi connectivity index (χ2n) is 28.4. The van der Waals surface area contributed by atoms with Crippen LogP contribution in [-0.2, 0) is 19.6 Å². The number of nitriles is 2. The van der Waals surface area contributed by atoms with E-state index in [2.05, 4.69) is 171 Å². The number of anilines is 3. The quantitative estimate of drug-likeness (QED) is 0.137. The van der Waals surface area contributed by atoms with E-state index in [0.717, 1.165) is 143 Å². The number of aromatic nitrogens is 12. The van der Waals surface area contributed by atoms with Crippen LogP contribution in [0.1, 0.15) is 100 Å². The molecule has 7 aliphatic rings. The molecule has 6 aliphatic heterocycles. The van der Waals surface area contributed by atoms with Crippen LogP contribution in [0.4, 0.5) is 26.0 Å². The summed E-state index contributed by atoms with van der Waals surface area (Å²) >= 11 is 0. The third kappa shape index (κ3) is 12.0. The highest BCUT2D eigenvalue weighted by Crippen LogP contribution is 2.44. The summed E-state index contributed by atoms with van der Waals surface area (Å²) in [6.07, 6.45) is 23.8. The van der Waals surface area contributed by atoms with Crippen LogP contribution in [0.5, 0.6) is 0 Å². The van der Waals surface area contributed by atoms with Crippen LogP contribution in [0.2, 0.25) is 0 Å². The maximum absolute atomic E-state index is 14.5. The van der Waals surface area contributed by atoms with Crippen molar-refractivity contribution < 1.29 is 8.78 Å². The van der Waals surface area contributed by atoms with Gasteiger partial charge in [0.1, 0.15) is 30.1 Å². The lowest BCUT2D eigenvalue weighted by Crippen LogP contribution is -2.35. The zero-order valence-electron chi connectivity index (χ0n) is 57.0. The topological polar surface area (TPSA) is 176 Å². The summed E-state index contributed by atoms with van der Waals surface area (Å²) in [5, 5.41) is 35.0. The summed E-state index contributed by atoms with van der Waals surface area (Å²) in [7, 11) is 0. The van der Waals surface area contributed by atoms with Gasteiger partial charge >= 0.3 is 0 Å². The van der Waals surface area contributed by atoms with Crippen molar-refractivity contribution in [2.45, 2.75) is 104 Å². The lowest BCUT2D eigenvalue weighted by Gasteiger charge is -2.32. The van der Waals surface area contributed by atoms with Gasteiger partial charge in [0, 0.05) is 129 Å². The second kappa shape index (κ2) is 26.5. The molecule has 1 saturated carbocycles. The Labute approximate surface area is 586 Å². The van der Waals surface area contributed by atoms with E-state index in [4.69, 9.17) is 20.5 Å². The molecule has 0 spiro atoms. The number of halogens is 2. The summed E-state index contributed by atoms with van der Waals surface area (Å²) in [6, 6.07) is 48.9. The summed E-state index contributed by atoms with van der Waals surface area (Å²) < 4.78 is 40.7. The van der Waals surface area contributed by atoms with E-state index in [1.807, 2.05) is 76.2 Å². The average molecular weight is 1340 g/mol. The summed E-state index contributed by atoms with van der Waals surface area (Å²) in [4.78, 5) is 21.9. The maximum atomic E-state index is 14.5. The van der Waals surface area contributed by atoms with Crippen molar-refractivity contribution in [3.8, 4) is 97.1 Å². The van der Waals surface area contributed by atoms with Gasteiger partial charge in [0.15, 0.2) is 17.5 Å². The zero-order valence-corrected chi connectivity index (χ0v) is 57.0. The van der Waals surface area contributed by atoms with E-state index in [-0.39, 0.29) is 0 Å². The highest BCUT2D eigenvalue weighted by Gasteiger charge is 2.38. The number of pyridine rings is 1. The highest BCUT2D eigenvalue weighted by molar-refractivity contribution is 5.76. The normalized spacial score (nSPS) is 18.3. The predicted octanol–water partition coefficient (Wildman–Crippen LogP) is 15.1. The third-order valence-electron chi connectivity index (χ3n) is 22.0. The molecule has 0 radical (unpaired) electrons. The highest BCUT2D eigenvalue weighted by atomic mass is 19.1. The van der Waals surface area contributed by atoms with Gasteiger partial charge in [0.25, 0.3) is 0 Å². The first-order valence-electron chi connectivity index (χ1n) is 35.7. The minimum absolute atomic E-state index is 0.367. The molecule has 13 heterocycles. The molecule has 5 aromatic carbocycles. The summed E-state index contributed by atoms with van der Waals surface area (Å²) in [6.45, 7) is 15.3. The van der Waals surface area contributed by atoms with E-state index in [9.17, 15) is 8.78 Å². The van der Waals surface area contributed by atoms with Crippen molar-refractivity contribution >= 4 is 17.2 Å². The number of piperidine rings is 1. The third-order valence-corrected chi connectivity index (χ3v) is 22.0. The number of fused-ring (bicyclic) bond motifs is 16. The lowest BCUT2D eigenvalue weighted by molar-refractivity contribution is 0.444. The molecule has 1 aliphatic carbocycles. The van der Waals surface area contributed by atoms with E-state index in [1.165, 1.54) is 86.2 Å². The van der Waals surface area contributed by atoms with Crippen molar-refractivity contribution in [3.05, 3.63) is 217 Å². The first-order valence-corrected chi connectivity index (χ1v) is 35.7.